The van der Waals surface area contributed by atoms with E-state index < -0.39 is 0 Å². The quantitative estimate of drug-likeness (QED) is 0.565. The van der Waals surface area contributed by atoms with Gasteiger partial charge in [-0.05, 0) is 73.6 Å². The second-order valence-corrected chi connectivity index (χ2v) is 10.8. The third-order valence-electron chi connectivity index (χ3n) is 6.34. The maximum absolute atomic E-state index is 13.1. The van der Waals surface area contributed by atoms with Crippen LogP contribution in [0, 0.1) is 36.5 Å². The zero-order chi connectivity index (χ0) is 22.8. The normalized spacial score (nSPS) is 16.9. The van der Waals surface area contributed by atoms with Gasteiger partial charge < -0.3 is 5.32 Å². The van der Waals surface area contributed by atoms with Crippen molar-refractivity contribution in [3.63, 3.8) is 0 Å². The number of aromatic nitrogens is 1. The number of nitrogens with zero attached hydrogens (tertiary/aromatic N) is 2. The largest absolute Gasteiger partial charge is 0.325 e. The standard InChI is InChI=1S/C26H33N3OS/c1-7-22(24(30)29-23-16(2)9-8-10-17(23)3)31-25-19(15-27)13-18-14-20(26(4,5)6)11-12-21(18)28-25/h8-10,13,20,22H,7,11-12,14H2,1-6H3,(H,29,30). The molecule has 1 aromatic heterocycles. The number of carbonyl (C=O) groups is 1. The number of para-hydroxylation sites is 1. The summed E-state index contributed by atoms with van der Waals surface area (Å²) in [7, 11) is 0. The number of hydrogen-bond donors (Lipinski definition) is 1. The molecule has 0 saturated heterocycles. The van der Waals surface area contributed by atoms with Crippen LogP contribution in [-0.2, 0) is 17.6 Å². The molecule has 164 valence electrons. The van der Waals surface area contributed by atoms with Crippen LogP contribution in [0.4, 0.5) is 5.69 Å². The summed E-state index contributed by atoms with van der Waals surface area (Å²) < 4.78 is 0. The van der Waals surface area contributed by atoms with Crippen molar-refractivity contribution in [1.82, 2.24) is 4.98 Å². The monoisotopic (exact) mass is 435 g/mol. The van der Waals surface area contributed by atoms with Gasteiger partial charge in [0.2, 0.25) is 5.91 Å². The molecule has 5 heteroatoms. The highest BCUT2D eigenvalue weighted by Crippen LogP contribution is 2.38. The molecule has 1 amide bonds. The molecule has 2 unspecified atom stereocenters. The number of rotatable bonds is 5. The molecule has 1 aliphatic carbocycles. The smallest absolute Gasteiger partial charge is 0.237 e. The lowest BCUT2D eigenvalue weighted by Crippen LogP contribution is -2.28. The molecule has 31 heavy (non-hydrogen) atoms. The fourth-order valence-corrected chi connectivity index (χ4v) is 5.22. The van der Waals surface area contributed by atoms with Gasteiger partial charge in [-0.25, -0.2) is 4.98 Å². The van der Waals surface area contributed by atoms with Gasteiger partial charge in [-0.1, -0.05) is 57.7 Å². The van der Waals surface area contributed by atoms with Crippen LogP contribution < -0.4 is 5.32 Å². The Morgan fingerprint density at radius 1 is 1.32 bits per heavy atom. The van der Waals surface area contributed by atoms with Crippen LogP contribution in [0.15, 0.2) is 29.3 Å². The minimum Gasteiger partial charge on any atom is -0.325 e. The van der Waals surface area contributed by atoms with Crippen LogP contribution >= 0.6 is 11.8 Å². The van der Waals surface area contributed by atoms with Gasteiger partial charge in [0.25, 0.3) is 0 Å². The van der Waals surface area contributed by atoms with Crippen molar-refractivity contribution in [1.29, 1.82) is 5.26 Å². The summed E-state index contributed by atoms with van der Waals surface area (Å²) in [6, 6.07) is 10.3. The highest BCUT2D eigenvalue weighted by Gasteiger charge is 2.30. The van der Waals surface area contributed by atoms with Gasteiger partial charge in [-0.2, -0.15) is 5.26 Å². The van der Waals surface area contributed by atoms with Crippen LogP contribution in [0.25, 0.3) is 0 Å². The Morgan fingerprint density at radius 2 is 2.00 bits per heavy atom. The van der Waals surface area contributed by atoms with Crippen LogP contribution in [-0.4, -0.2) is 16.1 Å². The number of nitrogens with one attached hydrogen (secondary N) is 1. The van der Waals surface area contributed by atoms with Gasteiger partial charge >= 0.3 is 0 Å². The van der Waals surface area contributed by atoms with Crippen molar-refractivity contribution >= 4 is 23.4 Å². The summed E-state index contributed by atoms with van der Waals surface area (Å²) in [4.78, 5) is 17.9. The van der Waals surface area contributed by atoms with E-state index in [1.807, 2.05) is 45.0 Å². The third-order valence-corrected chi connectivity index (χ3v) is 7.71. The SMILES string of the molecule is CCC(Sc1nc2c(cc1C#N)CC(C(C)(C)C)CC2)C(=O)Nc1c(C)cccc1C. The Labute approximate surface area is 190 Å². The highest BCUT2D eigenvalue weighted by atomic mass is 32.2. The fraction of sp³-hybridized carbons (Fsp3) is 0.500. The average molecular weight is 436 g/mol. The van der Waals surface area contributed by atoms with Crippen molar-refractivity contribution in [2.45, 2.75) is 77.5 Å². The van der Waals surface area contributed by atoms with Crippen LogP contribution in [0.2, 0.25) is 0 Å². The van der Waals surface area contributed by atoms with Gasteiger partial charge in [0.15, 0.2) is 0 Å². The lowest BCUT2D eigenvalue weighted by atomic mass is 9.71. The van der Waals surface area contributed by atoms with E-state index in [9.17, 15) is 10.1 Å². The van der Waals surface area contributed by atoms with Crippen molar-refractivity contribution in [3.05, 3.63) is 52.2 Å². The van der Waals surface area contributed by atoms with Crippen molar-refractivity contribution in [2.75, 3.05) is 5.32 Å². The first-order valence-electron chi connectivity index (χ1n) is 11.1. The first kappa shape index (κ1) is 23.3. The molecule has 1 N–H and O–H groups in total. The van der Waals surface area contributed by atoms with E-state index >= 15 is 0 Å². The molecule has 0 aliphatic heterocycles. The highest BCUT2D eigenvalue weighted by molar-refractivity contribution is 8.00. The first-order chi connectivity index (χ1) is 14.6. The second-order valence-electron chi connectivity index (χ2n) is 9.64. The van der Waals surface area contributed by atoms with Crippen molar-refractivity contribution in [2.24, 2.45) is 11.3 Å². The summed E-state index contributed by atoms with van der Waals surface area (Å²) >= 11 is 1.41. The minimum absolute atomic E-state index is 0.0406. The fourth-order valence-electron chi connectivity index (χ4n) is 4.23. The molecular weight excluding hydrogens is 402 g/mol. The van der Waals surface area contributed by atoms with Gasteiger partial charge in [0.1, 0.15) is 11.1 Å². The Morgan fingerprint density at radius 3 is 2.58 bits per heavy atom. The predicted molar refractivity (Wildman–Crippen MR) is 128 cm³/mol. The summed E-state index contributed by atoms with van der Waals surface area (Å²) in [5.74, 6) is 0.555. The number of carbonyl (C=O) groups excluding carboxylic acids is 1. The summed E-state index contributed by atoms with van der Waals surface area (Å²) in [5.41, 5.74) is 6.08. The maximum Gasteiger partial charge on any atom is 0.237 e. The van der Waals surface area contributed by atoms with E-state index in [1.165, 1.54) is 17.3 Å². The molecule has 0 radical (unpaired) electrons. The molecule has 2 atom stereocenters. The van der Waals surface area contributed by atoms with E-state index in [1.54, 1.807) is 0 Å². The average Bonchev–Trinajstić information content (AvgIpc) is 2.72. The minimum atomic E-state index is -0.303. The number of nitriles is 1. The molecule has 1 aromatic carbocycles. The number of aryl methyl sites for hydroxylation is 3. The Kier molecular flexibility index (Phi) is 7.11. The van der Waals surface area contributed by atoms with Crippen LogP contribution in [0.3, 0.4) is 0 Å². The van der Waals surface area contributed by atoms with Crippen LogP contribution in [0.5, 0.6) is 0 Å². The van der Waals surface area contributed by atoms with Gasteiger partial charge in [-0.15, -0.1) is 0 Å². The molecule has 1 aliphatic rings. The number of benzene rings is 1. The first-order valence-corrected chi connectivity index (χ1v) is 12.0. The molecule has 2 aromatic rings. The number of hydrogen-bond acceptors (Lipinski definition) is 4. The zero-order valence-corrected chi connectivity index (χ0v) is 20.3. The van der Waals surface area contributed by atoms with Gasteiger partial charge in [-0.3, -0.25) is 4.79 Å². The lowest BCUT2D eigenvalue weighted by molar-refractivity contribution is -0.115. The number of fused-ring (bicyclic) bond motifs is 1. The topological polar surface area (TPSA) is 65.8 Å². The zero-order valence-electron chi connectivity index (χ0n) is 19.5. The van der Waals surface area contributed by atoms with E-state index in [4.69, 9.17) is 4.98 Å². The Hall–Kier alpha value is -2.32. The molecule has 4 nitrogen and oxygen atoms in total. The van der Waals surface area contributed by atoms with Crippen molar-refractivity contribution in [3.8, 4) is 6.07 Å². The molecule has 0 saturated carbocycles. The molecule has 0 spiro atoms. The third kappa shape index (κ3) is 5.30. The van der Waals surface area contributed by atoms with Gasteiger partial charge in [0, 0.05) is 11.4 Å². The van der Waals surface area contributed by atoms with Crippen molar-refractivity contribution < 1.29 is 4.79 Å². The molecular formula is C26H33N3OS. The maximum atomic E-state index is 13.1. The van der Waals surface area contributed by atoms with E-state index in [2.05, 4.69) is 32.2 Å². The summed E-state index contributed by atoms with van der Waals surface area (Å²) in [5, 5.41) is 13.3. The number of amides is 1. The van der Waals surface area contributed by atoms with Gasteiger partial charge in [0.05, 0.1) is 10.8 Å². The second kappa shape index (κ2) is 9.44. The number of pyridine rings is 1. The Bertz CT molecular complexity index is 996. The summed E-state index contributed by atoms with van der Waals surface area (Å²) in [6.07, 6.45) is 3.68. The van der Waals surface area contributed by atoms with E-state index in [0.29, 0.717) is 22.9 Å². The molecule has 3 rings (SSSR count). The lowest BCUT2D eigenvalue weighted by Gasteiger charge is -2.34. The Balaban J connectivity index is 1.82. The molecule has 0 bridgehead atoms. The number of anilines is 1. The van der Waals surface area contributed by atoms with E-state index in [0.717, 1.165) is 41.8 Å². The summed E-state index contributed by atoms with van der Waals surface area (Å²) in [6.45, 7) is 12.9. The van der Waals surface area contributed by atoms with E-state index in [-0.39, 0.29) is 16.6 Å². The number of thioether (sulfide) groups is 1. The molecule has 1 heterocycles. The predicted octanol–water partition coefficient (Wildman–Crippen LogP) is 6.23. The van der Waals surface area contributed by atoms with Crippen LogP contribution in [0.1, 0.15) is 68.5 Å². The molecule has 0 fully saturated rings.